The van der Waals surface area contributed by atoms with Crippen LogP contribution in [0.15, 0.2) is 47.1 Å². The number of nitrogens with zero attached hydrogens (tertiary/aromatic N) is 1. The molecule has 0 saturated heterocycles. The van der Waals surface area contributed by atoms with E-state index in [0.29, 0.717) is 6.54 Å². The van der Waals surface area contributed by atoms with Gasteiger partial charge in [0.05, 0.1) is 13.4 Å². The first-order valence-electron chi connectivity index (χ1n) is 6.21. The number of carbonyl (C=O) groups excluding carboxylic acids is 1. The van der Waals surface area contributed by atoms with Crippen LogP contribution in [0.25, 0.3) is 0 Å². The number of rotatable bonds is 5. The molecule has 0 radical (unpaired) electrons. The van der Waals surface area contributed by atoms with E-state index in [0.717, 1.165) is 17.8 Å². The van der Waals surface area contributed by atoms with E-state index < -0.39 is 5.97 Å². The van der Waals surface area contributed by atoms with Crippen molar-refractivity contribution in [3.63, 3.8) is 0 Å². The Kier molecular flexibility index (Phi) is 4.23. The molecule has 0 spiro atoms. The lowest BCUT2D eigenvalue weighted by molar-refractivity contribution is 0.0563. The van der Waals surface area contributed by atoms with Crippen LogP contribution < -0.4 is 4.90 Å². The van der Waals surface area contributed by atoms with Gasteiger partial charge in [-0.1, -0.05) is 18.2 Å². The van der Waals surface area contributed by atoms with Gasteiger partial charge in [-0.05, 0) is 25.1 Å². The average molecular weight is 259 g/mol. The molecule has 0 unspecified atom stereocenters. The van der Waals surface area contributed by atoms with Crippen LogP contribution in [0.3, 0.4) is 0 Å². The van der Waals surface area contributed by atoms with Crippen molar-refractivity contribution in [2.45, 2.75) is 13.5 Å². The van der Waals surface area contributed by atoms with Crippen LogP contribution in [0.5, 0.6) is 0 Å². The monoisotopic (exact) mass is 259 g/mol. The first-order valence-corrected chi connectivity index (χ1v) is 6.21. The highest BCUT2D eigenvalue weighted by molar-refractivity contribution is 5.87. The maximum atomic E-state index is 11.6. The molecule has 1 heterocycles. The van der Waals surface area contributed by atoms with Crippen LogP contribution in [-0.2, 0) is 11.3 Å². The largest absolute Gasteiger partial charge is 0.463 e. The Morgan fingerprint density at radius 1 is 1.26 bits per heavy atom. The normalized spacial score (nSPS) is 10.2. The number of hydrogen-bond acceptors (Lipinski definition) is 4. The molecule has 0 aliphatic heterocycles. The maximum Gasteiger partial charge on any atom is 0.374 e. The highest BCUT2D eigenvalue weighted by atomic mass is 16.5. The van der Waals surface area contributed by atoms with Gasteiger partial charge in [0.25, 0.3) is 0 Å². The van der Waals surface area contributed by atoms with Crippen molar-refractivity contribution in [1.29, 1.82) is 0 Å². The maximum absolute atomic E-state index is 11.6. The second-order valence-corrected chi connectivity index (χ2v) is 4.12. The summed E-state index contributed by atoms with van der Waals surface area (Å²) in [5.74, 6) is -0.166. The topological polar surface area (TPSA) is 42.7 Å². The number of hydrogen-bond donors (Lipinski definition) is 0. The van der Waals surface area contributed by atoms with E-state index >= 15 is 0 Å². The molecule has 19 heavy (non-hydrogen) atoms. The quantitative estimate of drug-likeness (QED) is 0.774. The summed E-state index contributed by atoms with van der Waals surface area (Å²) in [6, 6.07) is 11.9. The fourth-order valence-corrected chi connectivity index (χ4v) is 1.96. The minimum atomic E-state index is -0.441. The summed E-state index contributed by atoms with van der Waals surface area (Å²) in [6.45, 7) is 3.53. The molecule has 0 amide bonds. The van der Waals surface area contributed by atoms with Crippen LogP contribution in [0.4, 0.5) is 5.69 Å². The lowest BCUT2D eigenvalue weighted by Gasteiger charge is -2.22. The summed E-state index contributed by atoms with van der Waals surface area (Å²) in [4.78, 5) is 13.7. The number of benzene rings is 1. The average Bonchev–Trinajstić information content (AvgIpc) is 2.93. The van der Waals surface area contributed by atoms with Crippen molar-refractivity contribution in [2.24, 2.45) is 0 Å². The van der Waals surface area contributed by atoms with Crippen LogP contribution >= 0.6 is 0 Å². The molecule has 0 aliphatic rings. The molecule has 0 saturated carbocycles. The lowest BCUT2D eigenvalue weighted by Crippen LogP contribution is -2.22. The molecule has 0 fully saturated rings. The molecule has 2 rings (SSSR count). The van der Waals surface area contributed by atoms with Crippen molar-refractivity contribution in [3.8, 4) is 0 Å². The van der Waals surface area contributed by atoms with E-state index in [-0.39, 0.29) is 5.76 Å². The van der Waals surface area contributed by atoms with E-state index in [9.17, 15) is 4.79 Å². The summed E-state index contributed by atoms with van der Waals surface area (Å²) in [5.41, 5.74) is 1.94. The third kappa shape index (κ3) is 2.96. The molecule has 1 aromatic heterocycles. The Bertz CT molecular complexity index is 533. The summed E-state index contributed by atoms with van der Waals surface area (Å²) in [7, 11) is 1.35. The van der Waals surface area contributed by atoms with Gasteiger partial charge in [-0.15, -0.1) is 0 Å². The molecular formula is C15H17NO3. The molecule has 0 N–H and O–H groups in total. The van der Waals surface area contributed by atoms with Gasteiger partial charge in [0.1, 0.15) is 0 Å². The van der Waals surface area contributed by atoms with Gasteiger partial charge in [-0.3, -0.25) is 0 Å². The predicted molar refractivity (Wildman–Crippen MR) is 73.2 cm³/mol. The Hall–Kier alpha value is -2.23. The van der Waals surface area contributed by atoms with Crippen LogP contribution in [0.1, 0.15) is 23.0 Å². The van der Waals surface area contributed by atoms with Gasteiger partial charge in [0, 0.05) is 24.3 Å². The fraction of sp³-hybridized carbons (Fsp3) is 0.267. The van der Waals surface area contributed by atoms with Crippen molar-refractivity contribution in [2.75, 3.05) is 18.6 Å². The summed E-state index contributed by atoms with van der Waals surface area (Å²) in [5, 5.41) is 0. The molecule has 0 aliphatic carbocycles. The standard InChI is InChI=1S/C15H17NO3/c1-3-16(13-7-5-4-6-8-13)11-12-9-10-19-14(12)15(17)18-2/h4-10H,3,11H2,1-2H3. The Balaban J connectivity index is 2.20. The van der Waals surface area contributed by atoms with Gasteiger partial charge >= 0.3 is 5.97 Å². The smallest absolute Gasteiger partial charge is 0.374 e. The van der Waals surface area contributed by atoms with E-state index in [1.807, 2.05) is 30.3 Å². The van der Waals surface area contributed by atoms with E-state index in [1.54, 1.807) is 6.07 Å². The summed E-state index contributed by atoms with van der Waals surface area (Å²) < 4.78 is 9.90. The molecule has 4 heteroatoms. The number of esters is 1. The van der Waals surface area contributed by atoms with Gasteiger partial charge in [-0.25, -0.2) is 4.79 Å². The Morgan fingerprint density at radius 3 is 2.63 bits per heavy atom. The molecular weight excluding hydrogens is 242 g/mol. The number of carbonyl (C=O) groups is 1. The molecule has 0 bridgehead atoms. The second kappa shape index (κ2) is 6.09. The Labute approximate surface area is 112 Å². The van der Waals surface area contributed by atoms with Gasteiger partial charge in [0.15, 0.2) is 0 Å². The van der Waals surface area contributed by atoms with E-state index in [2.05, 4.69) is 11.8 Å². The molecule has 4 nitrogen and oxygen atoms in total. The molecule has 0 atom stereocenters. The number of ether oxygens (including phenoxy) is 1. The van der Waals surface area contributed by atoms with Crippen molar-refractivity contribution in [1.82, 2.24) is 0 Å². The highest BCUT2D eigenvalue weighted by Crippen LogP contribution is 2.19. The van der Waals surface area contributed by atoms with Crippen molar-refractivity contribution < 1.29 is 13.9 Å². The number of anilines is 1. The van der Waals surface area contributed by atoms with Crippen molar-refractivity contribution >= 4 is 11.7 Å². The first kappa shape index (κ1) is 13.2. The SMILES string of the molecule is CCN(Cc1ccoc1C(=O)OC)c1ccccc1. The lowest BCUT2D eigenvalue weighted by atomic mass is 10.2. The third-order valence-corrected chi connectivity index (χ3v) is 2.98. The van der Waals surface area contributed by atoms with Crippen molar-refractivity contribution in [3.05, 3.63) is 54.0 Å². The number of para-hydroxylation sites is 1. The minimum Gasteiger partial charge on any atom is -0.463 e. The highest BCUT2D eigenvalue weighted by Gasteiger charge is 2.17. The van der Waals surface area contributed by atoms with Crippen LogP contribution in [0, 0.1) is 0 Å². The zero-order valence-electron chi connectivity index (χ0n) is 11.1. The zero-order valence-corrected chi connectivity index (χ0v) is 11.1. The van der Waals surface area contributed by atoms with Crippen LogP contribution in [0.2, 0.25) is 0 Å². The van der Waals surface area contributed by atoms with Gasteiger partial charge in [0.2, 0.25) is 5.76 Å². The predicted octanol–water partition coefficient (Wildman–Crippen LogP) is 3.09. The van der Waals surface area contributed by atoms with Gasteiger partial charge < -0.3 is 14.1 Å². The van der Waals surface area contributed by atoms with Gasteiger partial charge in [-0.2, -0.15) is 0 Å². The molecule has 100 valence electrons. The van der Waals surface area contributed by atoms with Crippen LogP contribution in [-0.4, -0.2) is 19.6 Å². The fourth-order valence-electron chi connectivity index (χ4n) is 1.96. The Morgan fingerprint density at radius 2 is 2.00 bits per heavy atom. The first-order chi connectivity index (χ1) is 9.26. The summed E-state index contributed by atoms with van der Waals surface area (Å²) >= 11 is 0. The number of methoxy groups -OCH3 is 1. The van der Waals surface area contributed by atoms with E-state index in [4.69, 9.17) is 9.15 Å². The third-order valence-electron chi connectivity index (χ3n) is 2.98. The van der Waals surface area contributed by atoms with E-state index in [1.165, 1.54) is 13.4 Å². The zero-order chi connectivity index (χ0) is 13.7. The summed E-state index contributed by atoms with van der Waals surface area (Å²) in [6.07, 6.45) is 1.51. The molecule has 2 aromatic rings. The minimum absolute atomic E-state index is 0.275. The number of furan rings is 1. The second-order valence-electron chi connectivity index (χ2n) is 4.12. The molecule has 1 aromatic carbocycles.